The minimum atomic E-state index is -0.847. The van der Waals surface area contributed by atoms with Crippen LogP contribution in [0.1, 0.15) is 26.7 Å². The second-order valence-corrected chi connectivity index (χ2v) is 2.57. The number of carbonyl (C=O) groups excluding carboxylic acids is 1. The quantitative estimate of drug-likeness (QED) is 0.501. The first-order valence-corrected chi connectivity index (χ1v) is 4.64. The van der Waals surface area contributed by atoms with Crippen LogP contribution in [-0.4, -0.2) is 18.9 Å². The Morgan fingerprint density at radius 3 is 2.79 bits per heavy atom. The molecule has 0 aliphatic carbocycles. The SMILES string of the molecule is CCC/C=C/C(C#N)OC(=O)OCC. The molecule has 78 valence electrons. The summed E-state index contributed by atoms with van der Waals surface area (Å²) in [5.41, 5.74) is 0. The lowest BCUT2D eigenvalue weighted by atomic mass is 10.2. The highest BCUT2D eigenvalue weighted by Gasteiger charge is 2.09. The van der Waals surface area contributed by atoms with Gasteiger partial charge in [0.1, 0.15) is 6.07 Å². The molecule has 0 radical (unpaired) electrons. The number of unbranched alkanes of at least 4 members (excludes halogenated alkanes) is 1. The molecule has 0 bridgehead atoms. The molecule has 0 heterocycles. The Morgan fingerprint density at radius 2 is 2.29 bits per heavy atom. The molecule has 1 atom stereocenters. The normalized spacial score (nSPS) is 12.1. The van der Waals surface area contributed by atoms with E-state index in [1.165, 1.54) is 0 Å². The molecule has 0 aromatic rings. The van der Waals surface area contributed by atoms with Gasteiger partial charge in [-0.2, -0.15) is 5.26 Å². The van der Waals surface area contributed by atoms with Crippen LogP contribution in [0.5, 0.6) is 0 Å². The molecule has 0 fully saturated rings. The van der Waals surface area contributed by atoms with Crippen molar-refractivity contribution in [3.05, 3.63) is 12.2 Å². The van der Waals surface area contributed by atoms with E-state index in [1.54, 1.807) is 13.0 Å². The minimum Gasteiger partial charge on any atom is -0.435 e. The maximum absolute atomic E-state index is 10.8. The van der Waals surface area contributed by atoms with Crippen LogP contribution in [0, 0.1) is 11.3 Å². The summed E-state index contributed by atoms with van der Waals surface area (Å²) in [6, 6.07) is 1.84. The fraction of sp³-hybridized carbons (Fsp3) is 0.600. The van der Waals surface area contributed by atoms with Gasteiger partial charge in [0.25, 0.3) is 0 Å². The summed E-state index contributed by atoms with van der Waals surface area (Å²) in [5.74, 6) is 0. The Bertz CT molecular complexity index is 230. The molecule has 0 aromatic heterocycles. The first-order valence-electron chi connectivity index (χ1n) is 4.64. The highest BCUT2D eigenvalue weighted by Crippen LogP contribution is 1.98. The molecule has 0 amide bonds. The van der Waals surface area contributed by atoms with E-state index in [-0.39, 0.29) is 6.61 Å². The molecule has 0 saturated heterocycles. The second kappa shape index (κ2) is 8.11. The summed E-state index contributed by atoms with van der Waals surface area (Å²) < 4.78 is 9.21. The van der Waals surface area contributed by atoms with Gasteiger partial charge in [-0.25, -0.2) is 4.79 Å². The molecule has 0 saturated carbocycles. The van der Waals surface area contributed by atoms with E-state index in [4.69, 9.17) is 5.26 Å². The number of hydrogen-bond acceptors (Lipinski definition) is 4. The smallest absolute Gasteiger partial charge is 0.435 e. The van der Waals surface area contributed by atoms with E-state index in [9.17, 15) is 4.79 Å². The lowest BCUT2D eigenvalue weighted by molar-refractivity contribution is 0.0534. The van der Waals surface area contributed by atoms with E-state index in [2.05, 4.69) is 9.47 Å². The first kappa shape index (κ1) is 12.5. The molecule has 0 spiro atoms. The van der Waals surface area contributed by atoms with E-state index in [1.807, 2.05) is 19.1 Å². The number of hydrogen-bond donors (Lipinski definition) is 0. The van der Waals surface area contributed by atoms with Gasteiger partial charge in [-0.05, 0) is 19.4 Å². The van der Waals surface area contributed by atoms with Crippen molar-refractivity contribution >= 4 is 6.16 Å². The Balaban J connectivity index is 3.91. The maximum Gasteiger partial charge on any atom is 0.509 e. The number of nitrogens with zero attached hydrogens (tertiary/aromatic N) is 1. The lowest BCUT2D eigenvalue weighted by Gasteiger charge is -2.05. The zero-order valence-electron chi connectivity index (χ0n) is 8.53. The van der Waals surface area contributed by atoms with E-state index in [0.717, 1.165) is 12.8 Å². The average Bonchev–Trinajstić information content (AvgIpc) is 2.17. The number of carbonyl (C=O) groups is 1. The van der Waals surface area contributed by atoms with Crippen LogP contribution in [0.2, 0.25) is 0 Å². The second-order valence-electron chi connectivity index (χ2n) is 2.57. The topological polar surface area (TPSA) is 59.3 Å². The molecule has 14 heavy (non-hydrogen) atoms. The Labute approximate surface area is 84.1 Å². The van der Waals surface area contributed by atoms with Crippen molar-refractivity contribution in [3.8, 4) is 6.07 Å². The number of rotatable bonds is 5. The first-order chi connectivity index (χ1) is 6.74. The fourth-order valence-corrected chi connectivity index (χ4v) is 0.751. The van der Waals surface area contributed by atoms with Crippen LogP contribution < -0.4 is 0 Å². The number of ether oxygens (including phenoxy) is 2. The van der Waals surface area contributed by atoms with Crippen molar-refractivity contribution in [2.75, 3.05) is 6.61 Å². The predicted octanol–water partition coefficient (Wildman–Crippen LogP) is 2.41. The van der Waals surface area contributed by atoms with E-state index in [0.29, 0.717) is 0 Å². The van der Waals surface area contributed by atoms with E-state index < -0.39 is 12.3 Å². The van der Waals surface area contributed by atoms with Crippen LogP contribution in [0.25, 0.3) is 0 Å². The van der Waals surface area contributed by atoms with Gasteiger partial charge in [0.2, 0.25) is 6.10 Å². The van der Waals surface area contributed by atoms with Gasteiger partial charge in [-0.1, -0.05) is 19.4 Å². The summed E-state index contributed by atoms with van der Waals surface area (Å²) in [5, 5.41) is 8.61. The summed E-state index contributed by atoms with van der Waals surface area (Å²) in [7, 11) is 0. The highest BCUT2D eigenvalue weighted by atomic mass is 16.7. The van der Waals surface area contributed by atoms with E-state index >= 15 is 0 Å². The molecule has 4 nitrogen and oxygen atoms in total. The summed E-state index contributed by atoms with van der Waals surface area (Å²) in [6.45, 7) is 3.95. The van der Waals surface area contributed by atoms with Gasteiger partial charge >= 0.3 is 6.16 Å². The zero-order chi connectivity index (χ0) is 10.8. The third-order valence-electron chi connectivity index (χ3n) is 1.38. The van der Waals surface area contributed by atoms with Crippen molar-refractivity contribution < 1.29 is 14.3 Å². The summed E-state index contributed by atoms with van der Waals surface area (Å²) >= 11 is 0. The van der Waals surface area contributed by atoms with Crippen LogP contribution >= 0.6 is 0 Å². The molecular formula is C10H15NO3. The molecule has 0 aromatic carbocycles. The van der Waals surface area contributed by atoms with Crippen molar-refractivity contribution in [3.63, 3.8) is 0 Å². The van der Waals surface area contributed by atoms with Gasteiger partial charge in [0.05, 0.1) is 6.61 Å². The zero-order valence-corrected chi connectivity index (χ0v) is 8.53. The highest BCUT2D eigenvalue weighted by molar-refractivity contribution is 5.60. The van der Waals surface area contributed by atoms with Crippen molar-refractivity contribution in [2.24, 2.45) is 0 Å². The van der Waals surface area contributed by atoms with Crippen molar-refractivity contribution in [1.82, 2.24) is 0 Å². The Kier molecular flexibility index (Phi) is 7.24. The maximum atomic E-state index is 10.8. The van der Waals surface area contributed by atoms with Gasteiger partial charge in [0.15, 0.2) is 0 Å². The third kappa shape index (κ3) is 6.06. The third-order valence-corrected chi connectivity index (χ3v) is 1.38. The largest absolute Gasteiger partial charge is 0.509 e. The number of allylic oxidation sites excluding steroid dienone is 1. The molecule has 4 heteroatoms. The minimum absolute atomic E-state index is 0.246. The molecule has 0 N–H and O–H groups in total. The standard InChI is InChI=1S/C10H15NO3/c1-3-5-6-7-9(8-11)14-10(12)13-4-2/h6-7,9H,3-5H2,1-2H3/b7-6+. The molecular weight excluding hydrogens is 182 g/mol. The fourth-order valence-electron chi connectivity index (χ4n) is 0.751. The van der Waals surface area contributed by atoms with Gasteiger partial charge < -0.3 is 9.47 Å². The Hall–Kier alpha value is -1.50. The van der Waals surface area contributed by atoms with Gasteiger partial charge in [-0.15, -0.1) is 0 Å². The van der Waals surface area contributed by atoms with Crippen molar-refractivity contribution in [2.45, 2.75) is 32.8 Å². The summed E-state index contributed by atoms with van der Waals surface area (Å²) in [4.78, 5) is 10.8. The molecule has 0 aliphatic rings. The van der Waals surface area contributed by atoms with Crippen LogP contribution in [0.15, 0.2) is 12.2 Å². The van der Waals surface area contributed by atoms with Crippen molar-refractivity contribution in [1.29, 1.82) is 5.26 Å². The molecule has 0 rings (SSSR count). The van der Waals surface area contributed by atoms with Crippen LogP contribution in [0.4, 0.5) is 4.79 Å². The number of nitriles is 1. The molecule has 0 aliphatic heterocycles. The predicted molar refractivity (Wildman–Crippen MR) is 51.6 cm³/mol. The van der Waals surface area contributed by atoms with Crippen LogP contribution in [0.3, 0.4) is 0 Å². The summed E-state index contributed by atoms with van der Waals surface area (Å²) in [6.07, 6.45) is 3.58. The van der Waals surface area contributed by atoms with Gasteiger partial charge in [-0.3, -0.25) is 0 Å². The average molecular weight is 197 g/mol. The lowest BCUT2D eigenvalue weighted by Crippen LogP contribution is -2.15. The molecule has 1 unspecified atom stereocenters. The Morgan fingerprint density at radius 1 is 1.57 bits per heavy atom. The monoisotopic (exact) mass is 197 g/mol. The van der Waals surface area contributed by atoms with Gasteiger partial charge in [0, 0.05) is 0 Å². The van der Waals surface area contributed by atoms with Crippen LogP contribution in [-0.2, 0) is 9.47 Å².